The van der Waals surface area contributed by atoms with Gasteiger partial charge in [-0.2, -0.15) is 13.2 Å². The standard InChI is InChI=1S/C23H24F3N3O5/c1-14(30)11-27-22(33)15-9-21(32)29(12-15)18-5-7-19(8-6-18)34-13-20(31)28-17-4-2-3-16(10-17)23(24,25)26/h2-8,10,14-15,30H,9,11-13H2,1H3,(H,27,33)(H,28,31)/t14-,15+/m1/s1. The molecule has 1 aliphatic rings. The van der Waals surface area contributed by atoms with Crippen molar-refractivity contribution < 1.29 is 37.4 Å². The van der Waals surface area contributed by atoms with E-state index in [-0.39, 0.29) is 37.0 Å². The highest BCUT2D eigenvalue weighted by Gasteiger charge is 2.35. The molecule has 3 N–H and O–H groups in total. The van der Waals surface area contributed by atoms with Crippen molar-refractivity contribution in [1.82, 2.24) is 5.32 Å². The van der Waals surface area contributed by atoms with Crippen LogP contribution in [0.15, 0.2) is 48.5 Å². The van der Waals surface area contributed by atoms with E-state index in [9.17, 15) is 32.7 Å². The Kier molecular flexibility index (Phi) is 7.77. The molecule has 2 aromatic carbocycles. The van der Waals surface area contributed by atoms with Gasteiger partial charge in [-0.3, -0.25) is 14.4 Å². The average molecular weight is 479 g/mol. The van der Waals surface area contributed by atoms with Crippen LogP contribution in [-0.4, -0.2) is 48.6 Å². The minimum atomic E-state index is -4.52. The van der Waals surface area contributed by atoms with Gasteiger partial charge in [0, 0.05) is 30.9 Å². The molecule has 0 radical (unpaired) electrons. The molecule has 11 heteroatoms. The lowest BCUT2D eigenvalue weighted by Gasteiger charge is -2.17. The molecular weight excluding hydrogens is 455 g/mol. The van der Waals surface area contributed by atoms with Gasteiger partial charge in [0.2, 0.25) is 11.8 Å². The van der Waals surface area contributed by atoms with Crippen LogP contribution in [0, 0.1) is 5.92 Å². The van der Waals surface area contributed by atoms with Crippen molar-refractivity contribution in [3.8, 4) is 5.75 Å². The number of rotatable bonds is 8. The number of anilines is 2. The van der Waals surface area contributed by atoms with E-state index in [4.69, 9.17) is 4.74 Å². The third kappa shape index (κ3) is 6.70. The van der Waals surface area contributed by atoms with Crippen LogP contribution >= 0.6 is 0 Å². The van der Waals surface area contributed by atoms with Crippen molar-refractivity contribution in [3.63, 3.8) is 0 Å². The van der Waals surface area contributed by atoms with Crippen LogP contribution in [0.25, 0.3) is 0 Å². The topological polar surface area (TPSA) is 108 Å². The molecule has 0 unspecified atom stereocenters. The maximum absolute atomic E-state index is 12.8. The van der Waals surface area contributed by atoms with Gasteiger partial charge in [0.25, 0.3) is 5.91 Å². The van der Waals surface area contributed by atoms with Crippen LogP contribution in [-0.2, 0) is 20.6 Å². The van der Waals surface area contributed by atoms with Crippen molar-refractivity contribution in [2.75, 3.05) is 29.9 Å². The molecule has 182 valence electrons. The molecule has 8 nitrogen and oxygen atoms in total. The molecule has 3 rings (SSSR count). The number of halogens is 3. The van der Waals surface area contributed by atoms with E-state index < -0.39 is 36.3 Å². The second kappa shape index (κ2) is 10.6. The molecule has 1 saturated heterocycles. The van der Waals surface area contributed by atoms with Crippen LogP contribution in [0.4, 0.5) is 24.5 Å². The van der Waals surface area contributed by atoms with E-state index in [0.29, 0.717) is 11.4 Å². The molecule has 1 aliphatic heterocycles. The largest absolute Gasteiger partial charge is 0.484 e. The first-order valence-corrected chi connectivity index (χ1v) is 10.5. The van der Waals surface area contributed by atoms with Gasteiger partial charge in [0.15, 0.2) is 6.61 Å². The van der Waals surface area contributed by atoms with Crippen molar-refractivity contribution in [1.29, 1.82) is 0 Å². The molecule has 1 heterocycles. The molecule has 0 saturated carbocycles. The van der Waals surface area contributed by atoms with Gasteiger partial charge in [-0.05, 0) is 49.4 Å². The predicted molar refractivity (Wildman–Crippen MR) is 117 cm³/mol. The number of alkyl halides is 3. The second-order valence-corrected chi connectivity index (χ2v) is 7.91. The first kappa shape index (κ1) is 25.0. The fourth-order valence-electron chi connectivity index (χ4n) is 3.37. The predicted octanol–water partition coefficient (Wildman–Crippen LogP) is 2.57. The number of benzene rings is 2. The number of carbonyl (C=O) groups excluding carboxylic acids is 3. The monoisotopic (exact) mass is 479 g/mol. The number of carbonyl (C=O) groups is 3. The summed E-state index contributed by atoms with van der Waals surface area (Å²) in [7, 11) is 0. The SMILES string of the molecule is C[C@@H](O)CNC(=O)[C@H]1CC(=O)N(c2ccc(OCC(=O)Nc3cccc(C(F)(F)F)c3)cc2)C1. The lowest BCUT2D eigenvalue weighted by atomic mass is 10.1. The molecule has 3 amide bonds. The van der Waals surface area contributed by atoms with Crippen LogP contribution in [0.1, 0.15) is 18.9 Å². The Hall–Kier alpha value is -3.60. The molecule has 1 fully saturated rings. The van der Waals surface area contributed by atoms with Gasteiger partial charge in [-0.1, -0.05) is 6.07 Å². The second-order valence-electron chi connectivity index (χ2n) is 7.91. The Bertz CT molecular complexity index is 1040. The van der Waals surface area contributed by atoms with Gasteiger partial charge >= 0.3 is 6.18 Å². The molecule has 0 bridgehead atoms. The highest BCUT2D eigenvalue weighted by atomic mass is 19.4. The van der Waals surface area contributed by atoms with Gasteiger partial charge in [-0.25, -0.2) is 0 Å². The van der Waals surface area contributed by atoms with E-state index in [1.807, 2.05) is 0 Å². The highest BCUT2D eigenvalue weighted by molar-refractivity contribution is 6.00. The first-order valence-electron chi connectivity index (χ1n) is 10.5. The number of amides is 3. The molecule has 2 aromatic rings. The van der Waals surface area contributed by atoms with E-state index in [1.54, 1.807) is 31.2 Å². The quantitative estimate of drug-likeness (QED) is 0.540. The summed E-state index contributed by atoms with van der Waals surface area (Å²) in [5, 5.41) is 14.2. The maximum atomic E-state index is 12.8. The molecule has 34 heavy (non-hydrogen) atoms. The number of aliphatic hydroxyl groups excluding tert-OH is 1. The van der Waals surface area contributed by atoms with Crippen molar-refractivity contribution >= 4 is 29.1 Å². The van der Waals surface area contributed by atoms with E-state index in [2.05, 4.69) is 10.6 Å². The van der Waals surface area contributed by atoms with E-state index in [0.717, 1.165) is 12.1 Å². The molecule has 0 aromatic heterocycles. The fourth-order valence-corrected chi connectivity index (χ4v) is 3.37. The fraction of sp³-hybridized carbons (Fsp3) is 0.348. The van der Waals surface area contributed by atoms with Crippen LogP contribution in [0.2, 0.25) is 0 Å². The highest BCUT2D eigenvalue weighted by Crippen LogP contribution is 2.31. The number of nitrogens with zero attached hydrogens (tertiary/aromatic N) is 1. The van der Waals surface area contributed by atoms with Gasteiger partial charge in [0.05, 0.1) is 17.6 Å². The van der Waals surface area contributed by atoms with Crippen molar-refractivity contribution in [2.45, 2.75) is 25.6 Å². The normalized spacial score (nSPS) is 16.8. The van der Waals surface area contributed by atoms with Crippen molar-refractivity contribution in [3.05, 3.63) is 54.1 Å². The molecule has 0 aliphatic carbocycles. The summed E-state index contributed by atoms with van der Waals surface area (Å²) in [6.45, 7) is 1.43. The third-order valence-electron chi connectivity index (χ3n) is 5.06. The summed E-state index contributed by atoms with van der Waals surface area (Å²) in [6.07, 6.45) is -5.14. The van der Waals surface area contributed by atoms with E-state index in [1.165, 1.54) is 17.0 Å². The van der Waals surface area contributed by atoms with Gasteiger partial charge in [-0.15, -0.1) is 0 Å². The van der Waals surface area contributed by atoms with Gasteiger partial charge in [0.1, 0.15) is 5.75 Å². The zero-order valence-electron chi connectivity index (χ0n) is 18.3. The minimum Gasteiger partial charge on any atom is -0.484 e. The number of aliphatic hydroxyl groups is 1. The molecular formula is C23H24F3N3O5. The number of hydrogen-bond acceptors (Lipinski definition) is 5. The Labute approximate surface area is 193 Å². The molecule has 0 spiro atoms. The van der Waals surface area contributed by atoms with Gasteiger partial charge < -0.3 is 25.4 Å². The minimum absolute atomic E-state index is 0.00152. The average Bonchev–Trinajstić information content (AvgIpc) is 3.17. The zero-order valence-corrected chi connectivity index (χ0v) is 18.3. The number of nitrogens with one attached hydrogen (secondary N) is 2. The third-order valence-corrected chi connectivity index (χ3v) is 5.06. The Morgan fingerprint density at radius 3 is 2.56 bits per heavy atom. The lowest BCUT2D eigenvalue weighted by molar-refractivity contribution is -0.137. The number of ether oxygens (including phenoxy) is 1. The number of hydrogen-bond donors (Lipinski definition) is 3. The summed E-state index contributed by atoms with van der Waals surface area (Å²) in [5.41, 5.74) is -0.323. The van der Waals surface area contributed by atoms with Crippen LogP contribution in [0.3, 0.4) is 0 Å². The Morgan fingerprint density at radius 1 is 1.21 bits per heavy atom. The smallest absolute Gasteiger partial charge is 0.416 e. The maximum Gasteiger partial charge on any atom is 0.416 e. The van der Waals surface area contributed by atoms with Crippen LogP contribution < -0.4 is 20.3 Å². The molecule has 2 atom stereocenters. The Balaban J connectivity index is 1.52. The Morgan fingerprint density at radius 2 is 1.91 bits per heavy atom. The summed E-state index contributed by atoms with van der Waals surface area (Å²) in [4.78, 5) is 38.0. The summed E-state index contributed by atoms with van der Waals surface area (Å²) >= 11 is 0. The van der Waals surface area contributed by atoms with E-state index >= 15 is 0 Å². The van der Waals surface area contributed by atoms with Crippen molar-refractivity contribution in [2.24, 2.45) is 5.92 Å². The summed E-state index contributed by atoms with van der Waals surface area (Å²) < 4.78 is 43.7. The lowest BCUT2D eigenvalue weighted by Crippen LogP contribution is -2.36. The summed E-state index contributed by atoms with van der Waals surface area (Å²) in [6, 6.07) is 10.6. The summed E-state index contributed by atoms with van der Waals surface area (Å²) in [5.74, 6) is -1.36. The zero-order chi connectivity index (χ0) is 24.9. The van der Waals surface area contributed by atoms with Crippen LogP contribution in [0.5, 0.6) is 5.75 Å². The first-order chi connectivity index (χ1) is 16.0.